The van der Waals surface area contributed by atoms with Gasteiger partial charge in [-0.1, -0.05) is 18.2 Å². The molecule has 0 radical (unpaired) electrons. The normalized spacial score (nSPS) is 16.7. The third kappa shape index (κ3) is 3.60. The number of hydrogen-bond donors (Lipinski definition) is 3. The van der Waals surface area contributed by atoms with E-state index in [1.54, 1.807) is 12.1 Å². The number of aliphatic hydroxyl groups is 1. The summed E-state index contributed by atoms with van der Waals surface area (Å²) in [7, 11) is 0. The van der Waals surface area contributed by atoms with E-state index in [1.165, 1.54) is 6.20 Å². The van der Waals surface area contributed by atoms with E-state index in [-0.39, 0.29) is 18.2 Å². The molecule has 2 aromatic rings. The second-order valence-electron chi connectivity index (χ2n) is 5.93. The van der Waals surface area contributed by atoms with Gasteiger partial charge in [0.05, 0.1) is 19.2 Å². The van der Waals surface area contributed by atoms with Gasteiger partial charge in [0.15, 0.2) is 5.69 Å². The number of halogens is 3. The molecule has 134 valence electrons. The average Bonchev–Trinajstić information content (AvgIpc) is 3.10. The van der Waals surface area contributed by atoms with Crippen LogP contribution in [0.1, 0.15) is 40.4 Å². The summed E-state index contributed by atoms with van der Waals surface area (Å²) in [6.07, 6.45) is -3.17. The van der Waals surface area contributed by atoms with Crippen molar-refractivity contribution in [1.82, 2.24) is 15.1 Å². The number of carbonyl (C=O) groups is 1. The highest BCUT2D eigenvalue weighted by atomic mass is 19.4. The number of alkyl halides is 3. The molecule has 0 aliphatic heterocycles. The Labute approximate surface area is 140 Å². The molecule has 1 amide bonds. The van der Waals surface area contributed by atoms with Gasteiger partial charge in [-0.3, -0.25) is 4.68 Å². The fraction of sp³-hybridized carbons (Fsp3) is 0.375. The van der Waals surface area contributed by atoms with Crippen LogP contribution in [0.4, 0.5) is 18.0 Å². The largest absolute Gasteiger partial charge is 0.465 e. The summed E-state index contributed by atoms with van der Waals surface area (Å²) in [6.45, 7) is -0.602. The molecule has 1 aliphatic carbocycles. The number of aryl methyl sites for hydroxylation is 1. The molecule has 25 heavy (non-hydrogen) atoms. The molecule has 0 fully saturated rings. The molecular formula is C16H16F3N3O3. The van der Waals surface area contributed by atoms with Gasteiger partial charge >= 0.3 is 12.3 Å². The van der Waals surface area contributed by atoms with Gasteiger partial charge in [-0.25, -0.2) is 4.79 Å². The number of aromatic nitrogens is 2. The summed E-state index contributed by atoms with van der Waals surface area (Å²) in [4.78, 5) is 10.8. The van der Waals surface area contributed by atoms with Crippen molar-refractivity contribution in [3.8, 4) is 0 Å². The molecule has 1 unspecified atom stereocenters. The molecule has 9 heteroatoms. The second-order valence-corrected chi connectivity index (χ2v) is 5.93. The van der Waals surface area contributed by atoms with Crippen molar-refractivity contribution in [1.29, 1.82) is 0 Å². The van der Waals surface area contributed by atoms with Gasteiger partial charge in [0.2, 0.25) is 0 Å². The first kappa shape index (κ1) is 17.3. The van der Waals surface area contributed by atoms with Crippen molar-refractivity contribution >= 4 is 6.09 Å². The Kier molecular flexibility index (Phi) is 4.42. The lowest BCUT2D eigenvalue weighted by molar-refractivity contribution is -0.142. The topological polar surface area (TPSA) is 87.4 Å². The van der Waals surface area contributed by atoms with E-state index in [0.29, 0.717) is 12.8 Å². The maximum absolute atomic E-state index is 12.9. The van der Waals surface area contributed by atoms with E-state index in [2.05, 4.69) is 10.4 Å². The Balaban J connectivity index is 1.81. The quantitative estimate of drug-likeness (QED) is 0.787. The third-order valence-electron chi connectivity index (χ3n) is 4.20. The van der Waals surface area contributed by atoms with Crippen LogP contribution >= 0.6 is 0 Å². The second kappa shape index (κ2) is 6.40. The fourth-order valence-corrected chi connectivity index (χ4v) is 3.15. The van der Waals surface area contributed by atoms with Crippen LogP contribution < -0.4 is 5.32 Å². The molecular weight excluding hydrogens is 339 g/mol. The lowest BCUT2D eigenvalue weighted by Crippen LogP contribution is -2.24. The number of nitrogens with zero attached hydrogens (tertiary/aromatic N) is 2. The van der Waals surface area contributed by atoms with E-state index in [1.807, 2.05) is 6.07 Å². The maximum Gasteiger partial charge on any atom is 0.435 e. The van der Waals surface area contributed by atoms with Gasteiger partial charge in [0, 0.05) is 11.8 Å². The Hall–Kier alpha value is -2.55. The van der Waals surface area contributed by atoms with E-state index in [4.69, 9.17) is 10.2 Å². The molecule has 1 atom stereocenters. The van der Waals surface area contributed by atoms with Crippen molar-refractivity contribution < 1.29 is 28.2 Å². The predicted octanol–water partition coefficient (Wildman–Crippen LogP) is 2.70. The Bertz CT molecular complexity index is 802. The first-order valence-electron chi connectivity index (χ1n) is 7.63. The van der Waals surface area contributed by atoms with Crippen molar-refractivity contribution in [2.45, 2.75) is 38.2 Å². The number of nitrogens with one attached hydrogen (secondary N) is 1. The van der Waals surface area contributed by atoms with Gasteiger partial charge in [0.25, 0.3) is 0 Å². The highest BCUT2D eigenvalue weighted by Gasteiger charge is 2.37. The minimum Gasteiger partial charge on any atom is -0.465 e. The molecule has 0 bridgehead atoms. The summed E-state index contributed by atoms with van der Waals surface area (Å²) in [5.74, 6) is 0. The lowest BCUT2D eigenvalue weighted by Gasteiger charge is -2.12. The number of carboxylic acid groups (broad SMARTS) is 1. The van der Waals surface area contributed by atoms with Crippen molar-refractivity contribution in [3.63, 3.8) is 0 Å². The molecule has 1 aromatic heterocycles. The van der Waals surface area contributed by atoms with Gasteiger partial charge in [0.1, 0.15) is 0 Å². The number of hydrogen-bond acceptors (Lipinski definition) is 3. The molecule has 1 aromatic carbocycles. The molecule has 3 N–H and O–H groups in total. The Morgan fingerprint density at radius 1 is 1.40 bits per heavy atom. The Morgan fingerprint density at radius 2 is 2.16 bits per heavy atom. The van der Waals surface area contributed by atoms with Gasteiger partial charge in [-0.05, 0) is 29.5 Å². The van der Waals surface area contributed by atoms with Crippen molar-refractivity contribution in [3.05, 3.63) is 52.3 Å². The standard InChI is InChI=1S/C16H16F3N3O3/c17-16(18,19)14-11(8-23)7-22(21-14)6-9-1-3-12-10(5-9)2-4-13(12)20-15(24)25/h1,3,5,7,13,20,23H,2,4,6,8H2,(H,24,25). The zero-order valence-electron chi connectivity index (χ0n) is 13.0. The SMILES string of the molecule is O=C(O)NC1CCc2cc(Cn3cc(CO)c(C(F)(F)F)n3)ccc21. The summed E-state index contributed by atoms with van der Waals surface area (Å²) in [5, 5.41) is 23.9. The van der Waals surface area contributed by atoms with Crippen molar-refractivity contribution in [2.24, 2.45) is 0 Å². The number of amides is 1. The van der Waals surface area contributed by atoms with Crippen LogP contribution in [0.5, 0.6) is 0 Å². The molecule has 0 saturated heterocycles. The lowest BCUT2D eigenvalue weighted by atomic mass is 10.0. The van der Waals surface area contributed by atoms with Gasteiger partial charge in [-0.2, -0.15) is 18.3 Å². The summed E-state index contributed by atoms with van der Waals surface area (Å²) >= 11 is 0. The number of rotatable bonds is 4. The predicted molar refractivity (Wildman–Crippen MR) is 80.9 cm³/mol. The molecule has 0 spiro atoms. The monoisotopic (exact) mass is 355 g/mol. The summed E-state index contributed by atoms with van der Waals surface area (Å²) < 4.78 is 39.8. The first-order chi connectivity index (χ1) is 11.8. The van der Waals surface area contributed by atoms with E-state index in [0.717, 1.165) is 21.4 Å². The van der Waals surface area contributed by atoms with E-state index in [9.17, 15) is 18.0 Å². The van der Waals surface area contributed by atoms with Gasteiger partial charge < -0.3 is 15.5 Å². The molecule has 3 rings (SSSR count). The molecule has 0 saturated carbocycles. The fourth-order valence-electron chi connectivity index (χ4n) is 3.15. The number of fused-ring (bicyclic) bond motifs is 1. The van der Waals surface area contributed by atoms with Crippen LogP contribution in [-0.2, 0) is 25.7 Å². The van der Waals surface area contributed by atoms with Crippen LogP contribution in [0.15, 0.2) is 24.4 Å². The highest BCUT2D eigenvalue weighted by molar-refractivity contribution is 5.65. The third-order valence-corrected chi connectivity index (χ3v) is 4.20. The molecule has 6 nitrogen and oxygen atoms in total. The van der Waals surface area contributed by atoms with E-state index < -0.39 is 24.6 Å². The summed E-state index contributed by atoms with van der Waals surface area (Å²) in [6, 6.07) is 5.13. The number of benzene rings is 1. The van der Waals surface area contributed by atoms with Crippen LogP contribution in [0, 0.1) is 0 Å². The summed E-state index contributed by atoms with van der Waals surface area (Å²) in [5.41, 5.74) is 1.28. The zero-order chi connectivity index (χ0) is 18.2. The van der Waals surface area contributed by atoms with Crippen LogP contribution in [-0.4, -0.2) is 26.1 Å². The smallest absolute Gasteiger partial charge is 0.435 e. The first-order valence-corrected chi connectivity index (χ1v) is 7.63. The van der Waals surface area contributed by atoms with Crippen LogP contribution in [0.3, 0.4) is 0 Å². The zero-order valence-corrected chi connectivity index (χ0v) is 13.0. The van der Waals surface area contributed by atoms with Crippen LogP contribution in [0.25, 0.3) is 0 Å². The number of aliphatic hydroxyl groups excluding tert-OH is 1. The average molecular weight is 355 g/mol. The maximum atomic E-state index is 12.9. The highest BCUT2D eigenvalue weighted by Crippen LogP contribution is 2.33. The Morgan fingerprint density at radius 3 is 2.76 bits per heavy atom. The minimum absolute atomic E-state index is 0.132. The molecule has 1 heterocycles. The van der Waals surface area contributed by atoms with Crippen LogP contribution in [0.2, 0.25) is 0 Å². The minimum atomic E-state index is -4.61. The van der Waals surface area contributed by atoms with E-state index >= 15 is 0 Å². The van der Waals surface area contributed by atoms with Crippen molar-refractivity contribution in [2.75, 3.05) is 0 Å². The van der Waals surface area contributed by atoms with Gasteiger partial charge in [-0.15, -0.1) is 0 Å². The molecule has 1 aliphatic rings.